The molecule has 0 saturated carbocycles. The smallest absolute Gasteiger partial charge is 0.240 e. The summed E-state index contributed by atoms with van der Waals surface area (Å²) in [5, 5.41) is 11.4. The van der Waals surface area contributed by atoms with Crippen LogP contribution in [-0.2, 0) is 21.2 Å². The van der Waals surface area contributed by atoms with Crippen LogP contribution in [0.4, 0.5) is 5.69 Å². The maximum absolute atomic E-state index is 12.5. The van der Waals surface area contributed by atoms with E-state index in [2.05, 4.69) is 16.1 Å². The SMILES string of the molecule is N#CCc1ccc(NC(=O)CCNS(=O)(=O)c2ccc3c(c2)OCCCO3)cc1. The molecule has 2 N–H and O–H groups in total. The Balaban J connectivity index is 1.53. The second-order valence-electron chi connectivity index (χ2n) is 6.39. The van der Waals surface area contributed by atoms with E-state index in [4.69, 9.17) is 14.7 Å². The van der Waals surface area contributed by atoms with Gasteiger partial charge >= 0.3 is 0 Å². The first-order valence-electron chi connectivity index (χ1n) is 9.13. The van der Waals surface area contributed by atoms with Crippen molar-refractivity contribution in [2.75, 3.05) is 25.1 Å². The first kappa shape index (κ1) is 20.6. The molecule has 1 amide bonds. The molecule has 0 unspecified atom stereocenters. The molecular formula is C20H21N3O5S. The zero-order chi connectivity index (χ0) is 20.7. The van der Waals surface area contributed by atoms with Gasteiger partial charge in [-0.1, -0.05) is 12.1 Å². The zero-order valence-corrected chi connectivity index (χ0v) is 16.5. The van der Waals surface area contributed by atoms with Crippen LogP contribution in [-0.4, -0.2) is 34.1 Å². The maximum atomic E-state index is 12.5. The van der Waals surface area contributed by atoms with Crippen LogP contribution >= 0.6 is 0 Å². The van der Waals surface area contributed by atoms with Crippen LogP contribution in [0.2, 0.25) is 0 Å². The molecule has 0 aliphatic carbocycles. The average molecular weight is 415 g/mol. The molecule has 1 aliphatic heterocycles. The van der Waals surface area contributed by atoms with E-state index in [1.165, 1.54) is 12.1 Å². The first-order chi connectivity index (χ1) is 14.0. The van der Waals surface area contributed by atoms with Crippen LogP contribution in [0.3, 0.4) is 0 Å². The Hall–Kier alpha value is -3.09. The molecule has 2 aromatic rings. The molecule has 0 saturated heterocycles. The van der Waals surface area contributed by atoms with E-state index >= 15 is 0 Å². The molecule has 0 atom stereocenters. The van der Waals surface area contributed by atoms with E-state index in [9.17, 15) is 13.2 Å². The number of nitrogens with one attached hydrogen (secondary N) is 2. The summed E-state index contributed by atoms with van der Waals surface area (Å²) in [6.07, 6.45) is 1.00. The van der Waals surface area contributed by atoms with Gasteiger partial charge in [-0.25, -0.2) is 13.1 Å². The lowest BCUT2D eigenvalue weighted by molar-refractivity contribution is -0.116. The molecule has 3 rings (SSSR count). The van der Waals surface area contributed by atoms with Crippen molar-refractivity contribution >= 4 is 21.6 Å². The summed E-state index contributed by atoms with van der Waals surface area (Å²) in [7, 11) is -3.78. The summed E-state index contributed by atoms with van der Waals surface area (Å²) in [5.41, 5.74) is 1.44. The Morgan fingerprint density at radius 3 is 2.52 bits per heavy atom. The van der Waals surface area contributed by atoms with E-state index in [1.54, 1.807) is 30.3 Å². The normalized spacial score (nSPS) is 13.2. The van der Waals surface area contributed by atoms with Crippen LogP contribution < -0.4 is 19.5 Å². The highest BCUT2D eigenvalue weighted by atomic mass is 32.2. The number of amides is 1. The molecule has 9 heteroatoms. The van der Waals surface area contributed by atoms with Crippen molar-refractivity contribution in [3.05, 3.63) is 48.0 Å². The minimum Gasteiger partial charge on any atom is -0.490 e. The molecule has 1 aliphatic rings. The standard InChI is InChI=1S/C20H21N3O5S/c21-10-8-15-2-4-16(5-3-15)23-20(24)9-11-22-29(25,26)17-6-7-18-19(14-17)28-13-1-12-27-18/h2-7,14,22H,1,8-9,11-13H2,(H,23,24). The highest BCUT2D eigenvalue weighted by molar-refractivity contribution is 7.89. The third-order valence-corrected chi connectivity index (χ3v) is 5.65. The number of rotatable bonds is 7. The number of nitriles is 1. The fourth-order valence-electron chi connectivity index (χ4n) is 2.71. The van der Waals surface area contributed by atoms with Crippen LogP contribution in [0.15, 0.2) is 47.4 Å². The molecule has 0 bridgehead atoms. The summed E-state index contributed by atoms with van der Waals surface area (Å²) >= 11 is 0. The van der Waals surface area contributed by atoms with Gasteiger partial charge in [-0.2, -0.15) is 5.26 Å². The van der Waals surface area contributed by atoms with Crippen LogP contribution in [0.5, 0.6) is 11.5 Å². The lowest BCUT2D eigenvalue weighted by Crippen LogP contribution is -2.27. The second-order valence-corrected chi connectivity index (χ2v) is 8.15. The summed E-state index contributed by atoms with van der Waals surface area (Å²) in [6, 6.07) is 13.4. The third kappa shape index (κ3) is 5.70. The molecular weight excluding hydrogens is 394 g/mol. The van der Waals surface area contributed by atoms with Crippen molar-refractivity contribution in [2.24, 2.45) is 0 Å². The predicted octanol–water partition coefficient (Wildman–Crippen LogP) is 2.22. The molecule has 152 valence electrons. The van der Waals surface area contributed by atoms with Crippen molar-refractivity contribution in [1.82, 2.24) is 4.72 Å². The van der Waals surface area contributed by atoms with Gasteiger partial charge in [0, 0.05) is 31.1 Å². The number of carbonyl (C=O) groups is 1. The number of sulfonamides is 1. The van der Waals surface area contributed by atoms with Gasteiger partial charge in [-0.15, -0.1) is 0 Å². The number of benzene rings is 2. The number of hydrogen-bond donors (Lipinski definition) is 2. The highest BCUT2D eigenvalue weighted by Crippen LogP contribution is 2.31. The van der Waals surface area contributed by atoms with Gasteiger partial charge in [0.15, 0.2) is 11.5 Å². The molecule has 0 radical (unpaired) electrons. The quantitative estimate of drug-likeness (QED) is 0.716. The largest absolute Gasteiger partial charge is 0.490 e. The highest BCUT2D eigenvalue weighted by Gasteiger charge is 2.19. The average Bonchev–Trinajstić information content (AvgIpc) is 2.94. The van der Waals surface area contributed by atoms with Crippen LogP contribution in [0, 0.1) is 11.3 Å². The molecule has 0 fully saturated rings. The van der Waals surface area contributed by atoms with Crippen molar-refractivity contribution < 1.29 is 22.7 Å². The van der Waals surface area contributed by atoms with Gasteiger partial charge in [0.1, 0.15) is 0 Å². The third-order valence-electron chi connectivity index (χ3n) is 4.19. The van der Waals surface area contributed by atoms with E-state index in [-0.39, 0.29) is 23.8 Å². The molecule has 2 aromatic carbocycles. The predicted molar refractivity (Wildman–Crippen MR) is 106 cm³/mol. The van der Waals surface area contributed by atoms with Crippen molar-refractivity contribution in [3.8, 4) is 17.6 Å². The summed E-state index contributed by atoms with van der Waals surface area (Å²) in [5.74, 6) is 0.587. The number of fused-ring (bicyclic) bond motifs is 1. The number of carbonyl (C=O) groups excluding carboxylic acids is 1. The Kier molecular flexibility index (Phi) is 6.69. The van der Waals surface area contributed by atoms with Gasteiger partial charge in [-0.05, 0) is 29.8 Å². The minimum atomic E-state index is -3.78. The molecule has 29 heavy (non-hydrogen) atoms. The van der Waals surface area contributed by atoms with Gasteiger partial charge in [0.05, 0.1) is 30.6 Å². The molecule has 8 nitrogen and oxygen atoms in total. The lowest BCUT2D eigenvalue weighted by atomic mass is 10.1. The fraction of sp³-hybridized carbons (Fsp3) is 0.300. The zero-order valence-electron chi connectivity index (χ0n) is 15.7. The van der Waals surface area contributed by atoms with Gasteiger partial charge in [-0.3, -0.25) is 4.79 Å². The number of hydrogen-bond acceptors (Lipinski definition) is 6. The van der Waals surface area contributed by atoms with Crippen LogP contribution in [0.1, 0.15) is 18.4 Å². The van der Waals surface area contributed by atoms with Crippen LogP contribution in [0.25, 0.3) is 0 Å². The van der Waals surface area contributed by atoms with Gasteiger partial charge in [0.2, 0.25) is 15.9 Å². The van der Waals surface area contributed by atoms with E-state index in [1.807, 2.05) is 0 Å². The molecule has 0 spiro atoms. The second kappa shape index (κ2) is 9.41. The van der Waals surface area contributed by atoms with E-state index < -0.39 is 10.0 Å². The van der Waals surface area contributed by atoms with E-state index in [0.29, 0.717) is 36.8 Å². The number of ether oxygens (including phenoxy) is 2. The maximum Gasteiger partial charge on any atom is 0.240 e. The van der Waals surface area contributed by atoms with Crippen molar-refractivity contribution in [2.45, 2.75) is 24.2 Å². The minimum absolute atomic E-state index is 0.0241. The Morgan fingerprint density at radius 1 is 1.07 bits per heavy atom. The van der Waals surface area contributed by atoms with Crippen molar-refractivity contribution in [1.29, 1.82) is 5.26 Å². The van der Waals surface area contributed by atoms with Gasteiger partial charge < -0.3 is 14.8 Å². The monoisotopic (exact) mass is 415 g/mol. The molecule has 0 aromatic heterocycles. The first-order valence-corrected chi connectivity index (χ1v) is 10.6. The summed E-state index contributed by atoms with van der Waals surface area (Å²) in [6.45, 7) is 0.935. The summed E-state index contributed by atoms with van der Waals surface area (Å²) < 4.78 is 38.4. The topological polar surface area (TPSA) is 118 Å². The number of nitrogens with zero attached hydrogens (tertiary/aromatic N) is 1. The van der Waals surface area contributed by atoms with E-state index in [0.717, 1.165) is 12.0 Å². The van der Waals surface area contributed by atoms with Gasteiger partial charge in [0.25, 0.3) is 0 Å². The molecule has 1 heterocycles. The number of anilines is 1. The summed E-state index contributed by atoms with van der Waals surface area (Å²) in [4.78, 5) is 12.1. The Morgan fingerprint density at radius 2 is 1.79 bits per heavy atom. The lowest BCUT2D eigenvalue weighted by Gasteiger charge is -2.11. The van der Waals surface area contributed by atoms with Crippen molar-refractivity contribution in [3.63, 3.8) is 0 Å². The Labute approximate surface area is 169 Å². The fourth-order valence-corrected chi connectivity index (χ4v) is 3.76. The Bertz CT molecular complexity index is 1010.